The third-order valence-corrected chi connectivity index (χ3v) is 4.88. The first-order valence-electron chi connectivity index (χ1n) is 9.09. The van der Waals surface area contributed by atoms with E-state index in [1.165, 1.54) is 6.07 Å². The maximum atomic E-state index is 12.1. The monoisotopic (exact) mass is 363 g/mol. The van der Waals surface area contributed by atoms with Crippen LogP contribution < -0.4 is 10.1 Å². The van der Waals surface area contributed by atoms with Gasteiger partial charge < -0.3 is 14.8 Å². The van der Waals surface area contributed by atoms with Crippen LogP contribution in [0.15, 0.2) is 12.1 Å². The van der Waals surface area contributed by atoms with Crippen LogP contribution in [0, 0.1) is 16.0 Å². The molecule has 0 unspecified atom stereocenters. The van der Waals surface area contributed by atoms with Gasteiger partial charge in [0, 0.05) is 42.3 Å². The minimum atomic E-state index is -0.386. The number of carbonyl (C=O) groups excluding carboxylic acids is 1. The molecule has 1 N–H and O–H groups in total. The highest BCUT2D eigenvalue weighted by molar-refractivity contribution is 5.78. The van der Waals surface area contributed by atoms with Gasteiger partial charge in [0.05, 0.1) is 11.5 Å². The first-order chi connectivity index (χ1) is 12.6. The molecule has 3 rings (SSSR count). The summed E-state index contributed by atoms with van der Waals surface area (Å²) in [5.41, 5.74) is 1.59. The number of carbonyl (C=O) groups is 1. The number of nitro benzene ring substituents is 1. The standard InChI is InChI=1S/C18H25N3O5/c1-2-5-19-18(22)13-3-6-20(7-4-13)10-14-8-16(21(23)24)9-15-11-25-12-26-17(14)15/h8-9,13H,2-7,10-12H2,1H3,(H,19,22). The number of non-ortho nitro benzene ring substituents is 1. The third kappa shape index (κ3) is 4.31. The molecule has 2 aliphatic heterocycles. The molecule has 8 nitrogen and oxygen atoms in total. The summed E-state index contributed by atoms with van der Waals surface area (Å²) >= 11 is 0. The van der Waals surface area contributed by atoms with E-state index in [4.69, 9.17) is 9.47 Å². The molecule has 2 heterocycles. The van der Waals surface area contributed by atoms with Crippen LogP contribution in [0.1, 0.15) is 37.3 Å². The van der Waals surface area contributed by atoms with E-state index in [0.29, 0.717) is 24.5 Å². The van der Waals surface area contributed by atoms with Gasteiger partial charge in [-0.1, -0.05) is 6.92 Å². The van der Waals surface area contributed by atoms with E-state index in [2.05, 4.69) is 10.2 Å². The Morgan fingerprint density at radius 2 is 2.15 bits per heavy atom. The molecule has 26 heavy (non-hydrogen) atoms. The minimum Gasteiger partial charge on any atom is -0.467 e. The Labute approximate surface area is 152 Å². The van der Waals surface area contributed by atoms with Gasteiger partial charge >= 0.3 is 0 Å². The molecule has 0 aliphatic carbocycles. The molecule has 1 fully saturated rings. The predicted molar refractivity (Wildman–Crippen MR) is 94.7 cm³/mol. The molecule has 2 aliphatic rings. The van der Waals surface area contributed by atoms with Gasteiger partial charge in [0.25, 0.3) is 5.69 Å². The van der Waals surface area contributed by atoms with E-state index in [0.717, 1.165) is 44.5 Å². The molecule has 0 atom stereocenters. The Bertz CT molecular complexity index is 671. The Morgan fingerprint density at radius 1 is 1.38 bits per heavy atom. The molecule has 0 bridgehead atoms. The fourth-order valence-corrected chi connectivity index (χ4v) is 3.49. The summed E-state index contributed by atoms with van der Waals surface area (Å²) in [4.78, 5) is 25.1. The maximum Gasteiger partial charge on any atom is 0.270 e. The molecule has 1 aromatic carbocycles. The number of nitrogens with zero attached hydrogens (tertiary/aromatic N) is 2. The number of likely N-dealkylation sites (tertiary alicyclic amines) is 1. The molecular weight excluding hydrogens is 338 g/mol. The quantitative estimate of drug-likeness (QED) is 0.615. The van der Waals surface area contributed by atoms with Crippen molar-refractivity contribution in [1.29, 1.82) is 0 Å². The zero-order chi connectivity index (χ0) is 18.5. The van der Waals surface area contributed by atoms with Crippen molar-refractivity contribution in [3.05, 3.63) is 33.4 Å². The molecule has 0 spiro atoms. The van der Waals surface area contributed by atoms with Crippen molar-refractivity contribution < 1.29 is 19.2 Å². The second-order valence-corrected chi connectivity index (χ2v) is 6.80. The van der Waals surface area contributed by atoms with Crippen LogP contribution in [0.3, 0.4) is 0 Å². The summed E-state index contributed by atoms with van der Waals surface area (Å²) in [6.45, 7) is 5.40. The molecule has 142 valence electrons. The molecule has 0 saturated carbocycles. The number of amides is 1. The first-order valence-corrected chi connectivity index (χ1v) is 9.09. The van der Waals surface area contributed by atoms with Gasteiger partial charge in [-0.15, -0.1) is 0 Å². The highest BCUT2D eigenvalue weighted by Gasteiger charge is 2.27. The van der Waals surface area contributed by atoms with Crippen LogP contribution in [0.4, 0.5) is 5.69 Å². The zero-order valence-electron chi connectivity index (χ0n) is 15.0. The first kappa shape index (κ1) is 18.6. The molecule has 8 heteroatoms. The van der Waals surface area contributed by atoms with E-state index >= 15 is 0 Å². The number of nitro groups is 1. The fraction of sp³-hybridized carbons (Fsp3) is 0.611. The average molecular weight is 363 g/mol. The van der Waals surface area contributed by atoms with Crippen molar-refractivity contribution in [2.75, 3.05) is 26.4 Å². The van der Waals surface area contributed by atoms with Crippen molar-refractivity contribution in [1.82, 2.24) is 10.2 Å². The summed E-state index contributed by atoms with van der Waals surface area (Å²) in [6, 6.07) is 3.10. The SMILES string of the molecule is CCCNC(=O)C1CCN(Cc2cc([N+](=O)[O-])cc3c2OCOC3)CC1. The predicted octanol–water partition coefficient (Wildman–Crippen LogP) is 2.20. The molecule has 0 radical (unpaired) electrons. The molecule has 1 amide bonds. The lowest BCUT2D eigenvalue weighted by Crippen LogP contribution is -2.40. The number of nitrogens with one attached hydrogen (secondary N) is 1. The van der Waals surface area contributed by atoms with Gasteiger partial charge in [-0.3, -0.25) is 19.8 Å². The van der Waals surface area contributed by atoms with Crippen molar-refractivity contribution in [2.24, 2.45) is 5.92 Å². The number of ether oxygens (including phenoxy) is 2. The summed E-state index contributed by atoms with van der Waals surface area (Å²) in [7, 11) is 0. The van der Waals surface area contributed by atoms with Gasteiger partial charge in [-0.25, -0.2) is 0 Å². The second kappa shape index (κ2) is 8.46. The lowest BCUT2D eigenvalue weighted by molar-refractivity contribution is -0.385. The van der Waals surface area contributed by atoms with Gasteiger partial charge in [0.1, 0.15) is 5.75 Å². The summed E-state index contributed by atoms with van der Waals surface area (Å²) in [6.07, 6.45) is 2.54. The van der Waals surface area contributed by atoms with Crippen LogP contribution in [0.5, 0.6) is 5.75 Å². The van der Waals surface area contributed by atoms with Crippen LogP contribution in [0.25, 0.3) is 0 Å². The summed E-state index contributed by atoms with van der Waals surface area (Å²) in [5, 5.41) is 14.2. The Hall–Kier alpha value is -2.19. The third-order valence-electron chi connectivity index (χ3n) is 4.88. The fourth-order valence-electron chi connectivity index (χ4n) is 3.49. The summed E-state index contributed by atoms with van der Waals surface area (Å²) in [5.74, 6) is 0.894. The van der Waals surface area contributed by atoms with Crippen molar-refractivity contribution in [2.45, 2.75) is 39.3 Å². The number of hydrogen-bond donors (Lipinski definition) is 1. The number of rotatable bonds is 6. The van der Waals surface area contributed by atoms with Gasteiger partial charge in [-0.2, -0.15) is 0 Å². The summed E-state index contributed by atoms with van der Waals surface area (Å²) < 4.78 is 10.8. The van der Waals surface area contributed by atoms with Crippen molar-refractivity contribution >= 4 is 11.6 Å². The highest BCUT2D eigenvalue weighted by atomic mass is 16.7. The number of hydrogen-bond acceptors (Lipinski definition) is 6. The van der Waals surface area contributed by atoms with Crippen LogP contribution in [0.2, 0.25) is 0 Å². The molecule has 1 aromatic rings. The van der Waals surface area contributed by atoms with Crippen molar-refractivity contribution in [3.63, 3.8) is 0 Å². The molecular formula is C18H25N3O5. The average Bonchev–Trinajstić information content (AvgIpc) is 2.66. The molecule has 0 aromatic heterocycles. The van der Waals surface area contributed by atoms with Crippen LogP contribution in [-0.2, 0) is 22.7 Å². The maximum absolute atomic E-state index is 12.1. The number of fused-ring (bicyclic) bond motifs is 1. The zero-order valence-corrected chi connectivity index (χ0v) is 15.0. The van der Waals surface area contributed by atoms with E-state index in [1.807, 2.05) is 6.92 Å². The number of piperidine rings is 1. The number of benzene rings is 1. The van der Waals surface area contributed by atoms with E-state index in [1.54, 1.807) is 6.07 Å². The lowest BCUT2D eigenvalue weighted by Gasteiger charge is -2.32. The van der Waals surface area contributed by atoms with Crippen LogP contribution in [-0.4, -0.2) is 42.2 Å². The second-order valence-electron chi connectivity index (χ2n) is 6.80. The highest BCUT2D eigenvalue weighted by Crippen LogP contribution is 2.34. The Kier molecular flexibility index (Phi) is 6.05. The van der Waals surface area contributed by atoms with Crippen LogP contribution >= 0.6 is 0 Å². The van der Waals surface area contributed by atoms with Gasteiger partial charge in [0.15, 0.2) is 6.79 Å². The minimum absolute atomic E-state index is 0.0569. The Morgan fingerprint density at radius 3 is 2.85 bits per heavy atom. The van der Waals surface area contributed by atoms with E-state index in [-0.39, 0.29) is 29.2 Å². The molecule has 1 saturated heterocycles. The largest absolute Gasteiger partial charge is 0.467 e. The van der Waals surface area contributed by atoms with Gasteiger partial charge in [0.2, 0.25) is 5.91 Å². The smallest absolute Gasteiger partial charge is 0.270 e. The normalized spacial score (nSPS) is 18.0. The van der Waals surface area contributed by atoms with Gasteiger partial charge in [-0.05, 0) is 32.4 Å². The topological polar surface area (TPSA) is 93.9 Å². The Balaban J connectivity index is 1.65. The van der Waals surface area contributed by atoms with Crippen molar-refractivity contribution in [3.8, 4) is 5.75 Å². The van der Waals surface area contributed by atoms with E-state index < -0.39 is 0 Å². The van der Waals surface area contributed by atoms with E-state index in [9.17, 15) is 14.9 Å². The lowest BCUT2D eigenvalue weighted by atomic mass is 9.95.